The summed E-state index contributed by atoms with van der Waals surface area (Å²) in [6, 6.07) is 7.56. The first-order chi connectivity index (χ1) is 7.26. The molecule has 0 radical (unpaired) electrons. The van der Waals surface area contributed by atoms with Gasteiger partial charge in [0.1, 0.15) is 0 Å². The number of nitrogens with one attached hydrogen (secondary N) is 1. The molecule has 1 aromatic rings. The summed E-state index contributed by atoms with van der Waals surface area (Å²) in [5, 5.41) is 2.70. The molecule has 1 rings (SSSR count). The van der Waals surface area contributed by atoms with Gasteiger partial charge in [-0.1, -0.05) is 18.7 Å². The molecule has 0 saturated carbocycles. The van der Waals surface area contributed by atoms with Gasteiger partial charge in [-0.2, -0.15) is 0 Å². The summed E-state index contributed by atoms with van der Waals surface area (Å²) in [6.45, 7) is 6.59. The van der Waals surface area contributed by atoms with E-state index >= 15 is 0 Å². The minimum absolute atomic E-state index is 0.205. The largest absolute Gasteiger partial charge is 0.377 e. The van der Waals surface area contributed by atoms with Crippen LogP contribution in [0.3, 0.4) is 0 Å². The molecule has 0 aliphatic carbocycles. The van der Waals surface area contributed by atoms with E-state index in [1.807, 2.05) is 31.2 Å². The number of amides is 1. The van der Waals surface area contributed by atoms with Gasteiger partial charge in [-0.3, -0.25) is 4.79 Å². The molecule has 15 heavy (non-hydrogen) atoms. The van der Waals surface area contributed by atoms with Gasteiger partial charge in [-0.15, -0.1) is 0 Å². The summed E-state index contributed by atoms with van der Waals surface area (Å²) < 4.78 is 5.27. The SMILES string of the molecule is C=CC(=O)Nc1cccc(COCC)c1. The van der Waals surface area contributed by atoms with Crippen molar-refractivity contribution in [3.63, 3.8) is 0 Å². The average Bonchev–Trinajstić information content (AvgIpc) is 2.26. The van der Waals surface area contributed by atoms with Crippen LogP contribution in [0.2, 0.25) is 0 Å². The summed E-state index contributed by atoms with van der Waals surface area (Å²) in [7, 11) is 0. The predicted molar refractivity (Wildman–Crippen MR) is 60.6 cm³/mol. The van der Waals surface area contributed by atoms with Gasteiger partial charge in [0.15, 0.2) is 0 Å². The van der Waals surface area contributed by atoms with E-state index in [-0.39, 0.29) is 5.91 Å². The molecule has 0 aliphatic rings. The molecule has 0 aromatic heterocycles. The van der Waals surface area contributed by atoms with Crippen LogP contribution in [0, 0.1) is 0 Å². The molecule has 0 unspecified atom stereocenters. The maximum Gasteiger partial charge on any atom is 0.247 e. The van der Waals surface area contributed by atoms with Crippen molar-refractivity contribution in [1.29, 1.82) is 0 Å². The van der Waals surface area contributed by atoms with Crippen LogP contribution >= 0.6 is 0 Å². The van der Waals surface area contributed by atoms with Crippen molar-refractivity contribution >= 4 is 11.6 Å². The Balaban J connectivity index is 2.65. The summed E-state index contributed by atoms with van der Waals surface area (Å²) >= 11 is 0. The van der Waals surface area contributed by atoms with Crippen LogP contribution < -0.4 is 5.32 Å². The Morgan fingerprint density at radius 2 is 2.40 bits per heavy atom. The molecule has 0 spiro atoms. The average molecular weight is 205 g/mol. The van der Waals surface area contributed by atoms with Gasteiger partial charge in [0, 0.05) is 12.3 Å². The molecule has 0 bridgehead atoms. The third-order valence-electron chi connectivity index (χ3n) is 1.85. The molecule has 1 amide bonds. The van der Waals surface area contributed by atoms with Crippen LogP contribution in [0.25, 0.3) is 0 Å². The lowest BCUT2D eigenvalue weighted by atomic mass is 10.2. The molecule has 3 heteroatoms. The molecule has 3 nitrogen and oxygen atoms in total. The molecule has 80 valence electrons. The third kappa shape index (κ3) is 3.95. The van der Waals surface area contributed by atoms with Crippen molar-refractivity contribution in [1.82, 2.24) is 0 Å². The van der Waals surface area contributed by atoms with E-state index < -0.39 is 0 Å². The summed E-state index contributed by atoms with van der Waals surface area (Å²) in [5.74, 6) is -0.205. The van der Waals surface area contributed by atoms with Crippen LogP contribution in [0.15, 0.2) is 36.9 Å². The highest BCUT2D eigenvalue weighted by Crippen LogP contribution is 2.11. The fraction of sp³-hybridized carbons (Fsp3) is 0.250. The molecule has 1 N–H and O–H groups in total. The Hall–Kier alpha value is -1.61. The Bertz CT molecular complexity index is 347. The zero-order chi connectivity index (χ0) is 11.1. The van der Waals surface area contributed by atoms with E-state index in [9.17, 15) is 4.79 Å². The molecule has 1 aromatic carbocycles. The van der Waals surface area contributed by atoms with E-state index in [4.69, 9.17) is 4.74 Å². The van der Waals surface area contributed by atoms with Gasteiger partial charge < -0.3 is 10.1 Å². The molecular weight excluding hydrogens is 190 g/mol. The van der Waals surface area contributed by atoms with Crippen molar-refractivity contribution in [3.8, 4) is 0 Å². The van der Waals surface area contributed by atoms with Gasteiger partial charge in [-0.05, 0) is 30.7 Å². The number of rotatable bonds is 5. The quantitative estimate of drug-likeness (QED) is 0.749. The second kappa shape index (κ2) is 5.98. The number of anilines is 1. The molecule has 0 aliphatic heterocycles. The molecule has 0 atom stereocenters. The van der Waals surface area contributed by atoms with E-state index in [1.165, 1.54) is 6.08 Å². The highest BCUT2D eigenvalue weighted by atomic mass is 16.5. The van der Waals surface area contributed by atoms with Gasteiger partial charge in [0.2, 0.25) is 5.91 Å². The summed E-state index contributed by atoms with van der Waals surface area (Å²) in [5.41, 5.74) is 1.80. The van der Waals surface area contributed by atoms with Crippen molar-refractivity contribution in [2.24, 2.45) is 0 Å². The van der Waals surface area contributed by atoms with Gasteiger partial charge >= 0.3 is 0 Å². The fourth-order valence-corrected chi connectivity index (χ4v) is 1.15. The van der Waals surface area contributed by atoms with Crippen molar-refractivity contribution in [3.05, 3.63) is 42.5 Å². The van der Waals surface area contributed by atoms with E-state index in [0.29, 0.717) is 13.2 Å². The molecular formula is C12H15NO2. The Morgan fingerprint density at radius 1 is 1.60 bits per heavy atom. The number of hydrogen-bond acceptors (Lipinski definition) is 2. The minimum Gasteiger partial charge on any atom is -0.377 e. The number of benzene rings is 1. The van der Waals surface area contributed by atoms with Gasteiger partial charge in [-0.25, -0.2) is 0 Å². The first kappa shape index (κ1) is 11.5. The summed E-state index contributed by atoms with van der Waals surface area (Å²) in [6.07, 6.45) is 1.25. The minimum atomic E-state index is -0.205. The van der Waals surface area contributed by atoms with Crippen LogP contribution in [-0.4, -0.2) is 12.5 Å². The number of hydrogen-bond donors (Lipinski definition) is 1. The van der Waals surface area contributed by atoms with Crippen molar-refractivity contribution in [2.45, 2.75) is 13.5 Å². The zero-order valence-corrected chi connectivity index (χ0v) is 8.82. The molecule has 0 saturated heterocycles. The second-order valence-electron chi connectivity index (χ2n) is 3.03. The molecule has 0 heterocycles. The standard InChI is InChI=1S/C12H15NO2/c1-3-12(14)13-11-7-5-6-10(8-11)9-15-4-2/h3,5-8H,1,4,9H2,2H3,(H,13,14). The normalized spacial score (nSPS) is 9.67. The van der Waals surface area contributed by atoms with E-state index in [2.05, 4.69) is 11.9 Å². The zero-order valence-electron chi connectivity index (χ0n) is 8.82. The highest BCUT2D eigenvalue weighted by molar-refractivity contribution is 5.98. The summed E-state index contributed by atoms with van der Waals surface area (Å²) in [4.78, 5) is 11.0. The van der Waals surface area contributed by atoms with Crippen LogP contribution in [0.4, 0.5) is 5.69 Å². The van der Waals surface area contributed by atoms with E-state index in [1.54, 1.807) is 0 Å². The van der Waals surface area contributed by atoms with E-state index in [0.717, 1.165) is 11.3 Å². The lowest BCUT2D eigenvalue weighted by Crippen LogP contribution is -2.07. The monoisotopic (exact) mass is 205 g/mol. The topological polar surface area (TPSA) is 38.3 Å². The Labute approximate surface area is 89.8 Å². The third-order valence-corrected chi connectivity index (χ3v) is 1.85. The lowest BCUT2D eigenvalue weighted by Gasteiger charge is -2.05. The van der Waals surface area contributed by atoms with Gasteiger partial charge in [0.25, 0.3) is 0 Å². The maximum atomic E-state index is 11.0. The smallest absolute Gasteiger partial charge is 0.247 e. The first-order valence-electron chi connectivity index (χ1n) is 4.86. The van der Waals surface area contributed by atoms with Crippen molar-refractivity contribution < 1.29 is 9.53 Å². The Kier molecular flexibility index (Phi) is 4.57. The maximum absolute atomic E-state index is 11.0. The first-order valence-corrected chi connectivity index (χ1v) is 4.86. The van der Waals surface area contributed by atoms with Gasteiger partial charge in [0.05, 0.1) is 6.61 Å². The number of carbonyl (C=O) groups is 1. The lowest BCUT2D eigenvalue weighted by molar-refractivity contribution is -0.111. The highest BCUT2D eigenvalue weighted by Gasteiger charge is 1.98. The van der Waals surface area contributed by atoms with Crippen molar-refractivity contribution in [2.75, 3.05) is 11.9 Å². The molecule has 0 fully saturated rings. The number of carbonyl (C=O) groups excluding carboxylic acids is 1. The number of ether oxygens (including phenoxy) is 1. The van der Waals surface area contributed by atoms with Crippen LogP contribution in [-0.2, 0) is 16.1 Å². The predicted octanol–water partition coefficient (Wildman–Crippen LogP) is 2.35. The fourth-order valence-electron chi connectivity index (χ4n) is 1.15. The second-order valence-corrected chi connectivity index (χ2v) is 3.03. The van der Waals surface area contributed by atoms with Crippen LogP contribution in [0.5, 0.6) is 0 Å². The van der Waals surface area contributed by atoms with Crippen LogP contribution in [0.1, 0.15) is 12.5 Å². The Morgan fingerprint density at radius 3 is 3.07 bits per heavy atom.